The van der Waals surface area contributed by atoms with Gasteiger partial charge in [0.2, 0.25) is 0 Å². The number of aryl methyl sites for hydroxylation is 2. The lowest BCUT2D eigenvalue weighted by Crippen LogP contribution is -2.15. The average Bonchev–Trinajstić information content (AvgIpc) is 2.97. The number of hydrogen-bond donors (Lipinski definition) is 1. The second-order valence-corrected chi connectivity index (χ2v) is 5.11. The van der Waals surface area contributed by atoms with E-state index >= 15 is 0 Å². The van der Waals surface area contributed by atoms with Crippen molar-refractivity contribution in [2.75, 3.05) is 0 Å². The van der Waals surface area contributed by atoms with Crippen molar-refractivity contribution in [3.05, 3.63) is 35.4 Å². The maximum Gasteiger partial charge on any atom is 0.0762 e. The van der Waals surface area contributed by atoms with E-state index in [0.717, 1.165) is 31.0 Å². The van der Waals surface area contributed by atoms with Crippen molar-refractivity contribution in [2.24, 2.45) is 7.05 Å². The monoisotopic (exact) mass is 297 g/mol. The van der Waals surface area contributed by atoms with Gasteiger partial charge >= 0.3 is 0 Å². The molecular weight excluding hydrogens is 274 g/mol. The van der Waals surface area contributed by atoms with E-state index in [2.05, 4.69) is 48.4 Å². The fourth-order valence-corrected chi connectivity index (χ4v) is 1.97. The SMILES string of the molecule is CCn1ccc(CNCc2cc(C(C)C)nn2C)n1.Cl. The Bertz CT molecular complexity index is 529. The molecule has 112 valence electrons. The number of nitrogens with zero attached hydrogens (tertiary/aromatic N) is 4. The molecule has 2 heterocycles. The maximum absolute atomic E-state index is 4.51. The van der Waals surface area contributed by atoms with E-state index in [0.29, 0.717) is 5.92 Å². The molecule has 0 aromatic carbocycles. The van der Waals surface area contributed by atoms with Gasteiger partial charge in [0.15, 0.2) is 0 Å². The highest BCUT2D eigenvalue weighted by Gasteiger charge is 2.08. The van der Waals surface area contributed by atoms with Crippen molar-refractivity contribution < 1.29 is 0 Å². The van der Waals surface area contributed by atoms with Gasteiger partial charge in [-0.05, 0) is 25.0 Å². The van der Waals surface area contributed by atoms with Crippen LogP contribution in [0.3, 0.4) is 0 Å². The first-order valence-corrected chi connectivity index (χ1v) is 6.86. The minimum atomic E-state index is 0. The highest BCUT2D eigenvalue weighted by Crippen LogP contribution is 2.13. The summed E-state index contributed by atoms with van der Waals surface area (Å²) < 4.78 is 3.89. The molecule has 0 aliphatic carbocycles. The minimum Gasteiger partial charge on any atom is -0.305 e. The summed E-state index contributed by atoms with van der Waals surface area (Å²) in [5.74, 6) is 0.472. The lowest BCUT2D eigenvalue weighted by Gasteiger charge is -2.03. The van der Waals surface area contributed by atoms with E-state index in [4.69, 9.17) is 0 Å². The van der Waals surface area contributed by atoms with Gasteiger partial charge in [-0.1, -0.05) is 13.8 Å². The van der Waals surface area contributed by atoms with Gasteiger partial charge in [-0.3, -0.25) is 9.36 Å². The van der Waals surface area contributed by atoms with Crippen LogP contribution in [0.15, 0.2) is 18.3 Å². The van der Waals surface area contributed by atoms with Crippen LogP contribution < -0.4 is 5.32 Å². The Kier molecular flexibility index (Phi) is 6.23. The summed E-state index contributed by atoms with van der Waals surface area (Å²) in [5, 5.41) is 12.4. The Balaban J connectivity index is 0.00000200. The van der Waals surface area contributed by atoms with Crippen LogP contribution in [0.1, 0.15) is 43.8 Å². The lowest BCUT2D eigenvalue weighted by atomic mass is 10.1. The molecule has 2 aromatic rings. The molecule has 0 fully saturated rings. The van der Waals surface area contributed by atoms with Crippen LogP contribution >= 0.6 is 12.4 Å². The minimum absolute atomic E-state index is 0. The first-order chi connectivity index (χ1) is 9.10. The molecule has 0 aliphatic rings. The van der Waals surface area contributed by atoms with Gasteiger partial charge in [-0.25, -0.2) is 0 Å². The Hall–Kier alpha value is -1.33. The molecule has 1 N–H and O–H groups in total. The molecule has 0 unspecified atom stereocenters. The Morgan fingerprint density at radius 3 is 2.55 bits per heavy atom. The summed E-state index contributed by atoms with van der Waals surface area (Å²) >= 11 is 0. The summed E-state index contributed by atoms with van der Waals surface area (Å²) in [6.07, 6.45) is 2.01. The fourth-order valence-electron chi connectivity index (χ4n) is 1.97. The third-order valence-electron chi connectivity index (χ3n) is 3.22. The van der Waals surface area contributed by atoms with Crippen LogP contribution in [-0.2, 0) is 26.7 Å². The van der Waals surface area contributed by atoms with Gasteiger partial charge in [-0.2, -0.15) is 10.2 Å². The molecule has 2 aromatic heterocycles. The number of nitrogens with one attached hydrogen (secondary N) is 1. The Labute approximate surface area is 126 Å². The summed E-state index contributed by atoms with van der Waals surface area (Å²) in [6, 6.07) is 4.22. The zero-order valence-corrected chi connectivity index (χ0v) is 13.4. The predicted molar refractivity (Wildman–Crippen MR) is 83.0 cm³/mol. The van der Waals surface area contributed by atoms with E-state index < -0.39 is 0 Å². The van der Waals surface area contributed by atoms with Gasteiger partial charge < -0.3 is 5.32 Å². The van der Waals surface area contributed by atoms with Crippen LogP contribution in [0.2, 0.25) is 0 Å². The zero-order chi connectivity index (χ0) is 13.8. The maximum atomic E-state index is 4.51. The van der Waals surface area contributed by atoms with Crippen LogP contribution in [0.25, 0.3) is 0 Å². The van der Waals surface area contributed by atoms with Crippen molar-refractivity contribution in [3.63, 3.8) is 0 Å². The van der Waals surface area contributed by atoms with Crippen molar-refractivity contribution in [1.29, 1.82) is 0 Å². The molecule has 0 radical (unpaired) electrons. The standard InChI is InChI=1S/C14H23N5.ClH/c1-5-19-7-6-12(16-19)9-15-10-13-8-14(11(2)3)17-18(13)4;/h6-8,11,15H,5,9-10H2,1-4H3;1H. The molecule has 0 spiro atoms. The van der Waals surface area contributed by atoms with Crippen molar-refractivity contribution in [3.8, 4) is 0 Å². The smallest absolute Gasteiger partial charge is 0.0762 e. The third-order valence-corrected chi connectivity index (χ3v) is 3.22. The zero-order valence-electron chi connectivity index (χ0n) is 12.6. The number of halogens is 1. The van der Waals surface area contributed by atoms with E-state index in [-0.39, 0.29) is 12.4 Å². The van der Waals surface area contributed by atoms with E-state index in [1.54, 1.807) is 0 Å². The molecular formula is C14H24ClN5. The highest BCUT2D eigenvalue weighted by molar-refractivity contribution is 5.85. The molecule has 0 saturated carbocycles. The molecule has 0 atom stereocenters. The van der Waals surface area contributed by atoms with Gasteiger partial charge in [0.05, 0.1) is 17.1 Å². The van der Waals surface area contributed by atoms with E-state index in [9.17, 15) is 0 Å². The molecule has 0 bridgehead atoms. The van der Waals surface area contributed by atoms with Crippen molar-refractivity contribution in [2.45, 2.75) is 46.3 Å². The first-order valence-electron chi connectivity index (χ1n) is 6.86. The quantitative estimate of drug-likeness (QED) is 0.891. The summed E-state index contributed by atoms with van der Waals surface area (Å²) in [6.45, 7) is 8.94. The first kappa shape index (κ1) is 16.7. The largest absolute Gasteiger partial charge is 0.305 e. The summed E-state index contributed by atoms with van der Waals surface area (Å²) in [7, 11) is 1.99. The normalized spacial score (nSPS) is 10.8. The second-order valence-electron chi connectivity index (χ2n) is 5.11. The topological polar surface area (TPSA) is 47.7 Å². The van der Waals surface area contributed by atoms with Gasteiger partial charge in [-0.15, -0.1) is 12.4 Å². The molecule has 0 aliphatic heterocycles. The third kappa shape index (κ3) is 4.08. The Morgan fingerprint density at radius 2 is 2.00 bits per heavy atom. The molecule has 0 saturated heterocycles. The van der Waals surface area contributed by atoms with Gasteiger partial charge in [0.1, 0.15) is 0 Å². The Morgan fingerprint density at radius 1 is 1.25 bits per heavy atom. The number of aromatic nitrogens is 4. The van der Waals surface area contributed by atoms with Crippen molar-refractivity contribution in [1.82, 2.24) is 24.9 Å². The summed E-state index contributed by atoms with van der Waals surface area (Å²) in [5.41, 5.74) is 3.43. The molecule has 2 rings (SSSR count). The predicted octanol–water partition coefficient (Wildman–Crippen LogP) is 2.47. The van der Waals surface area contributed by atoms with E-state index in [1.807, 2.05) is 22.6 Å². The van der Waals surface area contributed by atoms with E-state index in [1.165, 1.54) is 5.69 Å². The molecule has 6 heteroatoms. The number of hydrogen-bond acceptors (Lipinski definition) is 3. The second kappa shape index (κ2) is 7.45. The van der Waals surface area contributed by atoms with Crippen LogP contribution in [0, 0.1) is 0 Å². The van der Waals surface area contributed by atoms with Crippen LogP contribution in [0.5, 0.6) is 0 Å². The highest BCUT2D eigenvalue weighted by atomic mass is 35.5. The molecule has 20 heavy (non-hydrogen) atoms. The number of rotatable bonds is 6. The van der Waals surface area contributed by atoms with Gasteiger partial charge in [0.25, 0.3) is 0 Å². The average molecular weight is 298 g/mol. The van der Waals surface area contributed by atoms with Gasteiger partial charge in [0, 0.05) is 32.9 Å². The fraction of sp³-hybridized carbons (Fsp3) is 0.571. The lowest BCUT2D eigenvalue weighted by molar-refractivity contribution is 0.596. The van der Waals surface area contributed by atoms with Crippen molar-refractivity contribution >= 4 is 12.4 Å². The van der Waals surface area contributed by atoms with Crippen LogP contribution in [0.4, 0.5) is 0 Å². The summed E-state index contributed by atoms with van der Waals surface area (Å²) in [4.78, 5) is 0. The molecule has 0 amide bonds. The molecule has 5 nitrogen and oxygen atoms in total. The van der Waals surface area contributed by atoms with Crippen LogP contribution in [-0.4, -0.2) is 19.6 Å².